The largest absolute Gasteiger partial charge is 0.354 e. The number of aryl methyl sites for hydroxylation is 2. The minimum atomic E-state index is -0.0468. The van der Waals surface area contributed by atoms with Crippen LogP contribution in [0, 0.1) is 20.8 Å². The summed E-state index contributed by atoms with van der Waals surface area (Å²) in [5, 5.41) is 0. The van der Waals surface area contributed by atoms with Gasteiger partial charge in [-0.3, -0.25) is 9.59 Å². The second kappa shape index (κ2) is 7.73. The van der Waals surface area contributed by atoms with Crippen molar-refractivity contribution in [3.8, 4) is 0 Å². The fourth-order valence-electron chi connectivity index (χ4n) is 3.78. The fourth-order valence-corrected chi connectivity index (χ4v) is 3.78. The molecule has 0 saturated carbocycles. The van der Waals surface area contributed by atoms with E-state index >= 15 is 0 Å². The van der Waals surface area contributed by atoms with Gasteiger partial charge in [-0.15, -0.1) is 0 Å². The van der Waals surface area contributed by atoms with Gasteiger partial charge in [0.15, 0.2) is 5.78 Å². The molecule has 3 rings (SSSR count). The average Bonchev–Trinajstić information content (AvgIpc) is 2.95. The van der Waals surface area contributed by atoms with Gasteiger partial charge in [-0.1, -0.05) is 13.8 Å². The van der Waals surface area contributed by atoms with Crippen molar-refractivity contribution in [3.05, 3.63) is 40.1 Å². The van der Waals surface area contributed by atoms with Crippen molar-refractivity contribution in [1.29, 1.82) is 0 Å². The number of hydrogen-bond donors (Lipinski definition) is 1. The molecule has 0 bridgehead atoms. The topological polar surface area (TPSA) is 82.2 Å². The van der Waals surface area contributed by atoms with E-state index in [1.54, 1.807) is 0 Å². The number of anilines is 1. The van der Waals surface area contributed by atoms with Crippen molar-refractivity contribution in [1.82, 2.24) is 19.9 Å². The number of hydrogen-bond acceptors (Lipinski definition) is 5. The maximum Gasteiger partial charge on any atom is 0.270 e. The van der Waals surface area contributed by atoms with Gasteiger partial charge in [-0.05, 0) is 33.3 Å². The summed E-state index contributed by atoms with van der Waals surface area (Å²) in [5.74, 6) is 1.98. The monoisotopic (exact) mass is 383 g/mol. The first-order chi connectivity index (χ1) is 13.2. The van der Waals surface area contributed by atoms with Crippen molar-refractivity contribution < 1.29 is 9.59 Å². The number of carbonyl (C=O) groups excluding carboxylic acids is 2. The van der Waals surface area contributed by atoms with Gasteiger partial charge in [0.25, 0.3) is 5.91 Å². The van der Waals surface area contributed by atoms with Crippen LogP contribution in [0.2, 0.25) is 0 Å². The van der Waals surface area contributed by atoms with Crippen molar-refractivity contribution >= 4 is 17.5 Å². The zero-order valence-corrected chi connectivity index (χ0v) is 17.6. The Kier molecular flexibility index (Phi) is 5.54. The second-order valence-corrected chi connectivity index (χ2v) is 7.84. The Labute approximate surface area is 166 Å². The molecule has 1 N–H and O–H groups in total. The van der Waals surface area contributed by atoms with E-state index in [9.17, 15) is 9.59 Å². The zero-order chi connectivity index (χ0) is 20.6. The molecule has 3 heterocycles. The molecule has 1 saturated heterocycles. The zero-order valence-electron chi connectivity index (χ0n) is 17.6. The van der Waals surface area contributed by atoms with Gasteiger partial charge in [0.05, 0.1) is 0 Å². The lowest BCUT2D eigenvalue weighted by atomic mass is 10.1. The Hall–Kier alpha value is -2.70. The highest BCUT2D eigenvalue weighted by Gasteiger charge is 2.27. The van der Waals surface area contributed by atoms with E-state index < -0.39 is 0 Å². The second-order valence-electron chi connectivity index (χ2n) is 7.84. The minimum Gasteiger partial charge on any atom is -0.354 e. The van der Waals surface area contributed by atoms with Gasteiger partial charge in [0, 0.05) is 55.1 Å². The van der Waals surface area contributed by atoms with Gasteiger partial charge < -0.3 is 14.8 Å². The van der Waals surface area contributed by atoms with Gasteiger partial charge >= 0.3 is 0 Å². The Bertz CT molecular complexity index is 908. The van der Waals surface area contributed by atoms with Crippen molar-refractivity contribution in [3.63, 3.8) is 0 Å². The Morgan fingerprint density at radius 3 is 2.25 bits per heavy atom. The third-order valence-electron chi connectivity index (χ3n) is 5.27. The number of nitrogens with zero attached hydrogens (tertiary/aromatic N) is 4. The lowest BCUT2D eigenvalue weighted by molar-refractivity contribution is 0.0740. The van der Waals surface area contributed by atoms with Crippen LogP contribution in [0.15, 0.2) is 6.07 Å². The highest BCUT2D eigenvalue weighted by atomic mass is 16.2. The number of aromatic amines is 1. The number of H-pyrrole nitrogens is 1. The summed E-state index contributed by atoms with van der Waals surface area (Å²) in [4.78, 5) is 41.2. The summed E-state index contributed by atoms with van der Waals surface area (Å²) >= 11 is 0. The Balaban J connectivity index is 1.73. The number of ketones is 1. The van der Waals surface area contributed by atoms with Crippen LogP contribution in [-0.4, -0.2) is 57.7 Å². The fraction of sp³-hybridized carbons (Fsp3) is 0.524. The SMILES string of the molecule is CC(=O)c1c(C)[nH]c(C(=O)N2CCN(c3cc(C)nc(C(C)C)n3)CC2)c1C. The number of carbonyl (C=O) groups is 2. The smallest absolute Gasteiger partial charge is 0.270 e. The predicted molar refractivity (Wildman–Crippen MR) is 109 cm³/mol. The molecule has 7 nitrogen and oxygen atoms in total. The lowest BCUT2D eigenvalue weighted by Gasteiger charge is -2.35. The first kappa shape index (κ1) is 20.0. The molecule has 2 aromatic rings. The van der Waals surface area contributed by atoms with Crippen LogP contribution in [0.4, 0.5) is 5.82 Å². The number of Topliss-reactive ketones (excluding diaryl/α,β-unsaturated/α-hetero) is 1. The van der Waals surface area contributed by atoms with Gasteiger partial charge in [0.2, 0.25) is 0 Å². The molecular weight excluding hydrogens is 354 g/mol. The summed E-state index contributed by atoms with van der Waals surface area (Å²) in [6.07, 6.45) is 0. The molecule has 28 heavy (non-hydrogen) atoms. The molecule has 7 heteroatoms. The maximum absolute atomic E-state index is 13.0. The number of rotatable bonds is 4. The van der Waals surface area contributed by atoms with Crippen molar-refractivity contribution in [2.45, 2.75) is 47.5 Å². The molecular formula is C21H29N5O2. The van der Waals surface area contributed by atoms with Crippen LogP contribution in [0.3, 0.4) is 0 Å². The summed E-state index contributed by atoms with van der Waals surface area (Å²) in [6.45, 7) is 14.0. The quantitative estimate of drug-likeness (QED) is 0.821. The summed E-state index contributed by atoms with van der Waals surface area (Å²) in [6, 6.07) is 2.00. The molecule has 0 atom stereocenters. The normalized spacial score (nSPS) is 14.7. The van der Waals surface area contributed by atoms with Gasteiger partial charge in [-0.2, -0.15) is 0 Å². The molecule has 1 aliphatic rings. The molecule has 0 spiro atoms. The Morgan fingerprint density at radius 1 is 1.07 bits per heavy atom. The van der Waals surface area contributed by atoms with Crippen molar-refractivity contribution in [2.24, 2.45) is 0 Å². The molecule has 0 unspecified atom stereocenters. The number of amides is 1. The summed E-state index contributed by atoms with van der Waals surface area (Å²) in [7, 11) is 0. The van der Waals surface area contributed by atoms with E-state index in [0.717, 1.165) is 41.7 Å². The van der Waals surface area contributed by atoms with Crippen LogP contribution in [0.5, 0.6) is 0 Å². The van der Waals surface area contributed by atoms with Crippen LogP contribution >= 0.6 is 0 Å². The third kappa shape index (κ3) is 3.79. The molecule has 0 radical (unpaired) electrons. The summed E-state index contributed by atoms with van der Waals surface area (Å²) in [5.41, 5.74) is 3.60. The molecule has 1 aliphatic heterocycles. The third-order valence-corrected chi connectivity index (χ3v) is 5.27. The van der Waals surface area contributed by atoms with Crippen LogP contribution < -0.4 is 4.90 Å². The van der Waals surface area contributed by atoms with E-state index in [0.29, 0.717) is 24.3 Å². The first-order valence-electron chi connectivity index (χ1n) is 9.79. The van der Waals surface area contributed by atoms with E-state index in [1.165, 1.54) is 6.92 Å². The van der Waals surface area contributed by atoms with E-state index in [4.69, 9.17) is 4.98 Å². The lowest BCUT2D eigenvalue weighted by Crippen LogP contribution is -2.49. The van der Waals surface area contributed by atoms with Crippen LogP contribution in [0.1, 0.15) is 70.3 Å². The molecule has 150 valence electrons. The van der Waals surface area contributed by atoms with Crippen LogP contribution in [-0.2, 0) is 0 Å². The van der Waals surface area contributed by atoms with Crippen molar-refractivity contribution in [2.75, 3.05) is 31.1 Å². The molecule has 1 fully saturated rings. The van der Waals surface area contributed by atoms with E-state index in [1.807, 2.05) is 31.7 Å². The average molecular weight is 383 g/mol. The number of nitrogens with one attached hydrogen (secondary N) is 1. The number of aromatic nitrogens is 3. The van der Waals surface area contributed by atoms with Crippen LogP contribution in [0.25, 0.3) is 0 Å². The van der Waals surface area contributed by atoms with Gasteiger partial charge in [-0.25, -0.2) is 9.97 Å². The minimum absolute atomic E-state index is 0.0183. The Morgan fingerprint density at radius 2 is 1.71 bits per heavy atom. The molecule has 1 amide bonds. The molecule has 2 aromatic heterocycles. The van der Waals surface area contributed by atoms with Gasteiger partial charge in [0.1, 0.15) is 17.3 Å². The highest BCUT2D eigenvalue weighted by molar-refractivity contribution is 6.02. The molecule has 0 aliphatic carbocycles. The predicted octanol–water partition coefficient (Wildman–Crippen LogP) is 3.02. The number of piperazine rings is 1. The summed E-state index contributed by atoms with van der Waals surface area (Å²) < 4.78 is 0. The maximum atomic E-state index is 13.0. The first-order valence-corrected chi connectivity index (χ1v) is 9.79. The van der Waals surface area contributed by atoms with E-state index in [2.05, 4.69) is 28.7 Å². The highest BCUT2D eigenvalue weighted by Crippen LogP contribution is 2.22. The standard InChI is InChI=1S/C21H29N5O2/c1-12(2)20-22-13(3)11-17(24-20)25-7-9-26(10-8-25)21(28)19-14(4)18(16(6)27)15(5)23-19/h11-12,23H,7-10H2,1-6H3. The van der Waals surface area contributed by atoms with E-state index in [-0.39, 0.29) is 17.6 Å². The molecule has 0 aromatic carbocycles.